The third kappa shape index (κ3) is 1.11. The summed E-state index contributed by atoms with van der Waals surface area (Å²) in [5.41, 5.74) is 6.50. The fraction of sp³-hybridized carbons (Fsp3) is 1.00. The van der Waals surface area contributed by atoms with Crippen LogP contribution in [0.5, 0.6) is 0 Å². The highest BCUT2D eigenvalue weighted by atomic mass is 14.7. The van der Waals surface area contributed by atoms with Gasteiger partial charge in [0.15, 0.2) is 0 Å². The first-order valence-electron chi connectivity index (χ1n) is 4.01. The lowest BCUT2D eigenvalue weighted by Gasteiger charge is -2.19. The van der Waals surface area contributed by atoms with Crippen molar-refractivity contribution in [1.29, 1.82) is 0 Å². The molecule has 1 heteroatoms. The van der Waals surface area contributed by atoms with Crippen LogP contribution in [0.2, 0.25) is 0 Å². The standard InChI is InChI=1S/C8H17N/c1-3-7(9)8(4-2)5-6-8/h7H,3-6,9H2,1-2H3/t7-/m0/s1. The van der Waals surface area contributed by atoms with E-state index in [0.717, 1.165) is 6.42 Å². The Morgan fingerprint density at radius 2 is 2.00 bits per heavy atom. The minimum atomic E-state index is 0.475. The van der Waals surface area contributed by atoms with Crippen LogP contribution in [0, 0.1) is 5.41 Å². The summed E-state index contributed by atoms with van der Waals surface area (Å²) in [6.45, 7) is 4.43. The van der Waals surface area contributed by atoms with Crippen LogP contribution in [-0.4, -0.2) is 6.04 Å². The molecule has 0 spiro atoms. The van der Waals surface area contributed by atoms with E-state index in [-0.39, 0.29) is 0 Å². The Morgan fingerprint density at radius 3 is 2.11 bits per heavy atom. The van der Waals surface area contributed by atoms with Crippen molar-refractivity contribution in [3.05, 3.63) is 0 Å². The lowest BCUT2D eigenvalue weighted by molar-refractivity contribution is 0.375. The van der Waals surface area contributed by atoms with E-state index in [2.05, 4.69) is 13.8 Å². The average Bonchev–Trinajstić information content (AvgIpc) is 2.66. The summed E-state index contributed by atoms with van der Waals surface area (Å²) in [7, 11) is 0. The zero-order chi connectivity index (χ0) is 6.91. The van der Waals surface area contributed by atoms with Gasteiger partial charge in [-0.05, 0) is 31.1 Å². The lowest BCUT2D eigenvalue weighted by atomic mass is 9.92. The van der Waals surface area contributed by atoms with Gasteiger partial charge in [-0.3, -0.25) is 0 Å². The zero-order valence-corrected chi connectivity index (χ0v) is 6.48. The first-order chi connectivity index (χ1) is 4.25. The van der Waals surface area contributed by atoms with Crippen molar-refractivity contribution in [3.63, 3.8) is 0 Å². The van der Waals surface area contributed by atoms with E-state index in [9.17, 15) is 0 Å². The highest BCUT2D eigenvalue weighted by molar-refractivity contribution is 4.98. The molecule has 9 heavy (non-hydrogen) atoms. The van der Waals surface area contributed by atoms with Crippen LogP contribution in [0.15, 0.2) is 0 Å². The summed E-state index contributed by atoms with van der Waals surface area (Å²) in [5.74, 6) is 0. The number of nitrogens with two attached hydrogens (primary N) is 1. The molecule has 1 saturated carbocycles. The van der Waals surface area contributed by atoms with Crippen molar-refractivity contribution < 1.29 is 0 Å². The molecule has 1 aliphatic carbocycles. The Bertz CT molecular complexity index is 94.7. The molecule has 1 aliphatic rings. The first-order valence-corrected chi connectivity index (χ1v) is 4.01. The smallest absolute Gasteiger partial charge is 0.00928 e. The van der Waals surface area contributed by atoms with Crippen LogP contribution in [-0.2, 0) is 0 Å². The lowest BCUT2D eigenvalue weighted by Crippen LogP contribution is -2.30. The SMILES string of the molecule is CC[C@H](N)C1(CC)CC1. The highest BCUT2D eigenvalue weighted by Crippen LogP contribution is 2.51. The van der Waals surface area contributed by atoms with Gasteiger partial charge < -0.3 is 5.73 Å². The normalized spacial score (nSPS) is 25.7. The van der Waals surface area contributed by atoms with Crippen molar-refractivity contribution in [2.24, 2.45) is 11.1 Å². The summed E-state index contributed by atoms with van der Waals surface area (Å²) < 4.78 is 0. The number of hydrogen-bond acceptors (Lipinski definition) is 1. The average molecular weight is 127 g/mol. The molecule has 0 saturated heterocycles. The third-order valence-electron chi connectivity index (χ3n) is 2.82. The van der Waals surface area contributed by atoms with E-state index in [1.165, 1.54) is 19.3 Å². The molecule has 0 radical (unpaired) electrons. The fourth-order valence-electron chi connectivity index (χ4n) is 1.58. The number of rotatable bonds is 3. The monoisotopic (exact) mass is 127 g/mol. The number of hydrogen-bond donors (Lipinski definition) is 1. The second kappa shape index (κ2) is 2.30. The largest absolute Gasteiger partial charge is 0.327 e. The quantitative estimate of drug-likeness (QED) is 0.615. The Labute approximate surface area is 57.6 Å². The van der Waals surface area contributed by atoms with E-state index in [0.29, 0.717) is 11.5 Å². The predicted octanol–water partition coefficient (Wildman–Crippen LogP) is 1.91. The molecule has 0 aromatic rings. The summed E-state index contributed by atoms with van der Waals surface area (Å²) in [4.78, 5) is 0. The first kappa shape index (κ1) is 7.07. The van der Waals surface area contributed by atoms with Crippen molar-refractivity contribution in [2.75, 3.05) is 0 Å². The van der Waals surface area contributed by atoms with Gasteiger partial charge >= 0.3 is 0 Å². The Kier molecular flexibility index (Phi) is 1.80. The molecule has 1 fully saturated rings. The maximum absolute atomic E-state index is 5.92. The van der Waals surface area contributed by atoms with Gasteiger partial charge in [0.2, 0.25) is 0 Å². The molecule has 0 unspecified atom stereocenters. The molecule has 0 aliphatic heterocycles. The van der Waals surface area contributed by atoms with Crippen molar-refractivity contribution >= 4 is 0 Å². The van der Waals surface area contributed by atoms with E-state index in [4.69, 9.17) is 5.73 Å². The highest BCUT2D eigenvalue weighted by Gasteiger charge is 2.44. The van der Waals surface area contributed by atoms with Gasteiger partial charge in [0.25, 0.3) is 0 Å². The van der Waals surface area contributed by atoms with Gasteiger partial charge in [0.05, 0.1) is 0 Å². The molecule has 1 rings (SSSR count). The van der Waals surface area contributed by atoms with E-state index < -0.39 is 0 Å². The maximum Gasteiger partial charge on any atom is 0.00928 e. The molecular formula is C8H17N. The van der Waals surface area contributed by atoms with Gasteiger partial charge in [0.1, 0.15) is 0 Å². The van der Waals surface area contributed by atoms with Gasteiger partial charge in [-0.25, -0.2) is 0 Å². The van der Waals surface area contributed by atoms with Crippen LogP contribution in [0.1, 0.15) is 39.5 Å². The Hall–Kier alpha value is -0.0400. The maximum atomic E-state index is 5.92. The summed E-state index contributed by atoms with van der Waals surface area (Å²) in [5, 5.41) is 0. The molecule has 0 amide bonds. The topological polar surface area (TPSA) is 26.0 Å². The molecule has 1 atom stereocenters. The van der Waals surface area contributed by atoms with Crippen LogP contribution >= 0.6 is 0 Å². The molecule has 0 bridgehead atoms. The Morgan fingerprint density at radius 1 is 1.44 bits per heavy atom. The minimum Gasteiger partial charge on any atom is -0.327 e. The van der Waals surface area contributed by atoms with Crippen molar-refractivity contribution in [2.45, 2.75) is 45.6 Å². The van der Waals surface area contributed by atoms with Crippen molar-refractivity contribution in [1.82, 2.24) is 0 Å². The molecule has 1 nitrogen and oxygen atoms in total. The van der Waals surface area contributed by atoms with Gasteiger partial charge in [-0.15, -0.1) is 0 Å². The third-order valence-corrected chi connectivity index (χ3v) is 2.82. The van der Waals surface area contributed by atoms with Gasteiger partial charge in [0, 0.05) is 6.04 Å². The van der Waals surface area contributed by atoms with Crippen LogP contribution < -0.4 is 5.73 Å². The summed E-state index contributed by atoms with van der Waals surface area (Å²) in [6.07, 6.45) is 5.17. The van der Waals surface area contributed by atoms with E-state index >= 15 is 0 Å². The molecule has 2 N–H and O–H groups in total. The molecule has 0 heterocycles. The molecule has 0 aromatic carbocycles. The van der Waals surface area contributed by atoms with Gasteiger partial charge in [-0.1, -0.05) is 13.8 Å². The van der Waals surface area contributed by atoms with Crippen LogP contribution in [0.4, 0.5) is 0 Å². The minimum absolute atomic E-state index is 0.475. The van der Waals surface area contributed by atoms with Crippen LogP contribution in [0.25, 0.3) is 0 Å². The van der Waals surface area contributed by atoms with Crippen LogP contribution in [0.3, 0.4) is 0 Å². The van der Waals surface area contributed by atoms with E-state index in [1.54, 1.807) is 0 Å². The van der Waals surface area contributed by atoms with Crippen molar-refractivity contribution in [3.8, 4) is 0 Å². The summed E-state index contributed by atoms with van der Waals surface area (Å²) in [6, 6.07) is 0.475. The second-order valence-electron chi connectivity index (χ2n) is 3.23. The zero-order valence-electron chi connectivity index (χ0n) is 6.48. The molecule has 54 valence electrons. The molecular weight excluding hydrogens is 110 g/mol. The summed E-state index contributed by atoms with van der Waals surface area (Å²) >= 11 is 0. The molecule has 0 aromatic heterocycles. The van der Waals surface area contributed by atoms with Gasteiger partial charge in [-0.2, -0.15) is 0 Å². The second-order valence-corrected chi connectivity index (χ2v) is 3.23. The fourth-order valence-corrected chi connectivity index (χ4v) is 1.58. The predicted molar refractivity (Wildman–Crippen MR) is 40.2 cm³/mol. The Balaban J connectivity index is 2.39. The van der Waals surface area contributed by atoms with E-state index in [1.807, 2.05) is 0 Å².